The van der Waals surface area contributed by atoms with Crippen molar-refractivity contribution in [3.63, 3.8) is 0 Å². The molecule has 0 spiro atoms. The van der Waals surface area contributed by atoms with E-state index in [1.807, 2.05) is 43.3 Å². The Balaban J connectivity index is 2.62. The van der Waals surface area contributed by atoms with Crippen LogP contribution in [0.25, 0.3) is 11.3 Å². The molecule has 0 atom stereocenters. The van der Waals surface area contributed by atoms with Gasteiger partial charge >= 0.3 is 0 Å². The Morgan fingerprint density at radius 3 is 2.64 bits per heavy atom. The van der Waals surface area contributed by atoms with E-state index in [4.69, 9.17) is 10.00 Å². The minimum absolute atomic E-state index is 0.175. The van der Waals surface area contributed by atoms with Crippen molar-refractivity contribution in [2.45, 2.75) is 33.2 Å². The van der Waals surface area contributed by atoms with Crippen LogP contribution in [-0.2, 0) is 6.54 Å². The van der Waals surface area contributed by atoms with Gasteiger partial charge in [0, 0.05) is 12.1 Å². The first-order valence-electron chi connectivity index (χ1n) is 7.59. The van der Waals surface area contributed by atoms with Crippen LogP contribution in [-0.4, -0.2) is 11.2 Å². The molecule has 0 aliphatic rings. The van der Waals surface area contributed by atoms with Crippen molar-refractivity contribution in [3.8, 4) is 23.1 Å². The zero-order chi connectivity index (χ0) is 15.9. The van der Waals surface area contributed by atoms with Crippen molar-refractivity contribution < 1.29 is 4.74 Å². The van der Waals surface area contributed by atoms with E-state index >= 15 is 0 Å². The predicted molar refractivity (Wildman–Crippen MR) is 86.9 cm³/mol. The summed E-state index contributed by atoms with van der Waals surface area (Å²) in [6, 6.07) is 13.0. The number of benzene rings is 1. The van der Waals surface area contributed by atoms with Gasteiger partial charge in [-0.3, -0.25) is 4.79 Å². The summed E-state index contributed by atoms with van der Waals surface area (Å²) >= 11 is 0. The second kappa shape index (κ2) is 7.46. The molecule has 0 bridgehead atoms. The quantitative estimate of drug-likeness (QED) is 0.818. The summed E-state index contributed by atoms with van der Waals surface area (Å²) in [6.07, 6.45) is 1.87. The lowest BCUT2D eigenvalue weighted by Gasteiger charge is -2.16. The zero-order valence-electron chi connectivity index (χ0n) is 13.0. The highest BCUT2D eigenvalue weighted by Crippen LogP contribution is 2.29. The maximum atomic E-state index is 12.5. The van der Waals surface area contributed by atoms with Crippen molar-refractivity contribution >= 4 is 0 Å². The van der Waals surface area contributed by atoms with E-state index in [2.05, 4.69) is 6.92 Å². The molecule has 2 aromatic rings. The molecule has 0 saturated carbocycles. The van der Waals surface area contributed by atoms with E-state index in [-0.39, 0.29) is 11.1 Å². The average Bonchev–Trinajstić information content (AvgIpc) is 2.54. The van der Waals surface area contributed by atoms with E-state index in [0.717, 1.165) is 29.8 Å². The third-order valence-electron chi connectivity index (χ3n) is 3.49. The molecule has 0 aliphatic carbocycles. The first-order chi connectivity index (χ1) is 10.7. The minimum atomic E-state index is -0.236. The molecule has 114 valence electrons. The minimum Gasteiger partial charge on any atom is -0.493 e. The third-order valence-corrected chi connectivity index (χ3v) is 3.49. The lowest BCUT2D eigenvalue weighted by Crippen LogP contribution is -2.24. The molecule has 0 saturated heterocycles. The molecule has 0 amide bonds. The number of hydrogen-bond donors (Lipinski definition) is 0. The Bertz CT molecular complexity index is 741. The molecule has 0 N–H and O–H groups in total. The fraction of sp³-hybridized carbons (Fsp3) is 0.333. The normalized spacial score (nSPS) is 10.2. The Labute approximate surface area is 130 Å². The molecule has 0 fully saturated rings. The van der Waals surface area contributed by atoms with Gasteiger partial charge in [0.15, 0.2) is 0 Å². The summed E-state index contributed by atoms with van der Waals surface area (Å²) in [4.78, 5) is 12.5. The van der Waals surface area contributed by atoms with Gasteiger partial charge in [-0.2, -0.15) is 5.26 Å². The fourth-order valence-corrected chi connectivity index (χ4v) is 2.40. The molecular weight excluding hydrogens is 276 g/mol. The van der Waals surface area contributed by atoms with Crippen LogP contribution in [0.2, 0.25) is 0 Å². The molecule has 22 heavy (non-hydrogen) atoms. The van der Waals surface area contributed by atoms with E-state index in [1.165, 1.54) is 0 Å². The van der Waals surface area contributed by atoms with E-state index in [1.54, 1.807) is 10.6 Å². The first kappa shape index (κ1) is 15.8. The summed E-state index contributed by atoms with van der Waals surface area (Å²) in [5.41, 5.74) is 1.61. The van der Waals surface area contributed by atoms with Gasteiger partial charge in [0.05, 0.1) is 12.3 Å². The number of nitrogens with zero attached hydrogens (tertiary/aromatic N) is 2. The number of hydrogen-bond acceptors (Lipinski definition) is 3. The molecular formula is C18H20N2O2. The van der Waals surface area contributed by atoms with Crippen molar-refractivity contribution in [2.75, 3.05) is 6.61 Å². The summed E-state index contributed by atoms with van der Waals surface area (Å²) in [7, 11) is 0. The van der Waals surface area contributed by atoms with Gasteiger partial charge in [0.1, 0.15) is 17.4 Å². The molecule has 0 unspecified atom stereocenters. The molecule has 1 aromatic carbocycles. The van der Waals surface area contributed by atoms with Crippen molar-refractivity contribution in [1.82, 2.24) is 4.57 Å². The van der Waals surface area contributed by atoms with Crippen molar-refractivity contribution in [3.05, 3.63) is 52.3 Å². The van der Waals surface area contributed by atoms with Crippen LogP contribution in [0.4, 0.5) is 0 Å². The molecule has 1 heterocycles. The van der Waals surface area contributed by atoms with Crippen molar-refractivity contribution in [1.29, 1.82) is 5.26 Å². The van der Waals surface area contributed by atoms with Gasteiger partial charge < -0.3 is 9.30 Å². The van der Waals surface area contributed by atoms with Gasteiger partial charge in [0.25, 0.3) is 5.56 Å². The summed E-state index contributed by atoms with van der Waals surface area (Å²) in [6.45, 7) is 5.17. The number of nitriles is 1. The first-order valence-corrected chi connectivity index (χ1v) is 7.59. The second-order valence-electron chi connectivity index (χ2n) is 4.98. The van der Waals surface area contributed by atoms with Gasteiger partial charge in [-0.25, -0.2) is 0 Å². The Morgan fingerprint density at radius 1 is 1.18 bits per heavy atom. The summed E-state index contributed by atoms with van der Waals surface area (Å²) < 4.78 is 7.35. The summed E-state index contributed by atoms with van der Waals surface area (Å²) in [5.74, 6) is 0.749. The zero-order valence-corrected chi connectivity index (χ0v) is 13.0. The van der Waals surface area contributed by atoms with Crippen LogP contribution in [0.1, 0.15) is 32.3 Å². The van der Waals surface area contributed by atoms with Crippen LogP contribution in [0.5, 0.6) is 5.75 Å². The smallest absolute Gasteiger partial charge is 0.268 e. The number of aromatic nitrogens is 1. The maximum Gasteiger partial charge on any atom is 0.268 e. The molecule has 0 radical (unpaired) electrons. The molecule has 4 heteroatoms. The summed E-state index contributed by atoms with van der Waals surface area (Å²) in [5, 5.41) is 9.08. The Kier molecular flexibility index (Phi) is 5.37. The van der Waals surface area contributed by atoms with Gasteiger partial charge in [-0.1, -0.05) is 25.5 Å². The second-order valence-corrected chi connectivity index (χ2v) is 4.98. The van der Waals surface area contributed by atoms with E-state index < -0.39 is 0 Å². The lowest BCUT2D eigenvalue weighted by atomic mass is 10.1. The molecule has 0 aliphatic heterocycles. The highest BCUT2D eigenvalue weighted by Gasteiger charge is 2.13. The predicted octanol–water partition coefficient (Wildman–Crippen LogP) is 3.59. The number of para-hydroxylation sites is 1. The largest absolute Gasteiger partial charge is 0.493 e. The van der Waals surface area contributed by atoms with Crippen LogP contribution in [0, 0.1) is 11.3 Å². The Hall–Kier alpha value is -2.54. The highest BCUT2D eigenvalue weighted by atomic mass is 16.5. The van der Waals surface area contributed by atoms with Crippen LogP contribution in [0.15, 0.2) is 41.2 Å². The van der Waals surface area contributed by atoms with Crippen LogP contribution in [0.3, 0.4) is 0 Å². The Morgan fingerprint density at radius 2 is 1.95 bits per heavy atom. The number of rotatable bonds is 6. The molecule has 1 aromatic heterocycles. The highest BCUT2D eigenvalue weighted by molar-refractivity contribution is 5.68. The monoisotopic (exact) mass is 296 g/mol. The molecule has 4 nitrogen and oxygen atoms in total. The fourth-order valence-electron chi connectivity index (χ4n) is 2.40. The van der Waals surface area contributed by atoms with Crippen LogP contribution < -0.4 is 10.3 Å². The van der Waals surface area contributed by atoms with E-state index in [9.17, 15) is 4.79 Å². The number of ether oxygens (including phenoxy) is 1. The SMILES string of the molecule is CCCCn1c(-c2ccccc2OCC)ccc(C#N)c1=O. The number of unbranched alkanes of at least 4 members (excludes halogenated alkanes) is 1. The standard InChI is InChI=1S/C18H20N2O2/c1-3-5-12-20-16(11-10-14(13-19)18(20)21)15-8-6-7-9-17(15)22-4-2/h6-11H,3-5,12H2,1-2H3. The lowest BCUT2D eigenvalue weighted by molar-refractivity contribution is 0.341. The van der Waals surface area contributed by atoms with Gasteiger partial charge in [-0.15, -0.1) is 0 Å². The van der Waals surface area contributed by atoms with Crippen LogP contribution >= 0.6 is 0 Å². The number of pyridine rings is 1. The average molecular weight is 296 g/mol. The molecule has 2 rings (SSSR count). The topological polar surface area (TPSA) is 55.0 Å². The van der Waals surface area contributed by atoms with Gasteiger partial charge in [0.2, 0.25) is 0 Å². The van der Waals surface area contributed by atoms with Crippen molar-refractivity contribution in [2.24, 2.45) is 0 Å². The van der Waals surface area contributed by atoms with Gasteiger partial charge in [-0.05, 0) is 37.6 Å². The maximum absolute atomic E-state index is 12.5. The third kappa shape index (κ3) is 3.20. The van der Waals surface area contributed by atoms with E-state index in [0.29, 0.717) is 13.2 Å².